The van der Waals surface area contributed by atoms with Crippen molar-refractivity contribution in [2.45, 2.75) is 4.90 Å². The van der Waals surface area contributed by atoms with Gasteiger partial charge in [-0.25, -0.2) is 13.2 Å². The maximum atomic E-state index is 12.7. The van der Waals surface area contributed by atoms with Crippen LogP contribution in [-0.2, 0) is 14.8 Å². The average molecular weight is 420 g/mol. The molecule has 0 saturated carbocycles. The van der Waals surface area contributed by atoms with Crippen LogP contribution in [0.4, 0.5) is 5.69 Å². The molecule has 0 bridgehead atoms. The van der Waals surface area contributed by atoms with E-state index in [-0.39, 0.29) is 37.7 Å². The predicted molar refractivity (Wildman–Crippen MR) is 98.2 cm³/mol. The van der Waals surface area contributed by atoms with E-state index in [9.17, 15) is 13.2 Å². The lowest BCUT2D eigenvalue weighted by molar-refractivity contribution is 0.0601. The summed E-state index contributed by atoms with van der Waals surface area (Å²) >= 11 is 11.8. The monoisotopic (exact) mass is 419 g/mol. The number of benzene rings is 2. The molecule has 2 rings (SSSR count). The van der Waals surface area contributed by atoms with E-state index in [1.807, 2.05) is 0 Å². The van der Waals surface area contributed by atoms with Gasteiger partial charge in [0.2, 0.25) is 0 Å². The molecule has 7 nitrogen and oxygen atoms in total. The summed E-state index contributed by atoms with van der Waals surface area (Å²) in [6.45, 7) is 0. The Morgan fingerprint density at radius 2 is 1.62 bits per heavy atom. The van der Waals surface area contributed by atoms with Crippen molar-refractivity contribution in [3.63, 3.8) is 0 Å². The summed E-state index contributed by atoms with van der Waals surface area (Å²) in [5.74, 6) is -0.300. The van der Waals surface area contributed by atoms with Crippen LogP contribution in [0.15, 0.2) is 35.2 Å². The number of ether oxygens (including phenoxy) is 3. The molecule has 0 amide bonds. The lowest BCUT2D eigenvalue weighted by Crippen LogP contribution is -2.17. The second-order valence-corrected chi connectivity index (χ2v) is 7.42. The molecule has 2 aromatic carbocycles. The molecule has 0 radical (unpaired) electrons. The number of hydrogen-bond donors (Lipinski definition) is 1. The number of methoxy groups -OCH3 is 3. The molecule has 0 aliphatic carbocycles. The van der Waals surface area contributed by atoms with Crippen LogP contribution < -0.4 is 14.2 Å². The van der Waals surface area contributed by atoms with Gasteiger partial charge in [-0.15, -0.1) is 0 Å². The Labute approximate surface area is 160 Å². The summed E-state index contributed by atoms with van der Waals surface area (Å²) < 4.78 is 42.7. The van der Waals surface area contributed by atoms with Gasteiger partial charge >= 0.3 is 5.97 Å². The third kappa shape index (κ3) is 4.14. The maximum absolute atomic E-state index is 12.7. The van der Waals surface area contributed by atoms with Gasteiger partial charge in [-0.3, -0.25) is 4.72 Å². The SMILES string of the molecule is COC(=O)c1cc(OC)c(OC)cc1NS(=O)(=O)c1ccc(Cl)cc1Cl. The number of nitrogens with one attached hydrogen (secondary N) is 1. The Morgan fingerprint density at radius 1 is 1.00 bits per heavy atom. The minimum atomic E-state index is -4.11. The van der Waals surface area contributed by atoms with E-state index in [4.69, 9.17) is 37.4 Å². The Morgan fingerprint density at radius 3 is 2.15 bits per heavy atom. The lowest BCUT2D eigenvalue weighted by Gasteiger charge is -2.16. The summed E-state index contributed by atoms with van der Waals surface area (Å²) in [4.78, 5) is 11.8. The third-order valence-electron chi connectivity index (χ3n) is 3.36. The van der Waals surface area contributed by atoms with Crippen LogP contribution in [0.1, 0.15) is 10.4 Å². The number of carbonyl (C=O) groups is 1. The number of carbonyl (C=O) groups excluding carboxylic acids is 1. The van der Waals surface area contributed by atoms with Gasteiger partial charge in [-0.05, 0) is 18.2 Å². The lowest BCUT2D eigenvalue weighted by atomic mass is 10.1. The van der Waals surface area contributed by atoms with Crippen molar-refractivity contribution in [1.29, 1.82) is 0 Å². The molecule has 2 aromatic rings. The number of anilines is 1. The van der Waals surface area contributed by atoms with Crippen molar-refractivity contribution < 1.29 is 27.4 Å². The first-order valence-electron chi connectivity index (χ1n) is 7.05. The van der Waals surface area contributed by atoms with Crippen molar-refractivity contribution >= 4 is 44.9 Å². The van der Waals surface area contributed by atoms with Gasteiger partial charge in [-0.2, -0.15) is 0 Å². The largest absolute Gasteiger partial charge is 0.493 e. The molecule has 0 aromatic heterocycles. The fourth-order valence-corrected chi connectivity index (χ4v) is 3.98. The molecule has 0 heterocycles. The molecule has 26 heavy (non-hydrogen) atoms. The van der Waals surface area contributed by atoms with E-state index in [1.54, 1.807) is 0 Å². The van der Waals surface area contributed by atoms with Crippen molar-refractivity contribution in [1.82, 2.24) is 0 Å². The minimum absolute atomic E-state index is 0.0551. The summed E-state index contributed by atoms with van der Waals surface area (Å²) in [6.07, 6.45) is 0. The molecule has 140 valence electrons. The first kappa shape index (κ1) is 20.2. The van der Waals surface area contributed by atoms with Gasteiger partial charge in [0.05, 0.1) is 37.6 Å². The highest BCUT2D eigenvalue weighted by Crippen LogP contribution is 2.35. The molecule has 0 fully saturated rings. The standard InChI is InChI=1S/C16H15Cl2NO6S/c1-23-13-7-10(16(20)25-3)12(8-14(13)24-2)19-26(21,22)15-5-4-9(17)6-11(15)18/h4-8,19H,1-3H3. The summed E-state index contributed by atoms with van der Waals surface area (Å²) in [5, 5.41) is 0.223. The van der Waals surface area contributed by atoms with Crippen LogP contribution in [0.3, 0.4) is 0 Å². The van der Waals surface area contributed by atoms with Gasteiger partial charge < -0.3 is 14.2 Å². The van der Waals surface area contributed by atoms with Gasteiger partial charge in [0, 0.05) is 17.2 Å². The van der Waals surface area contributed by atoms with Crippen LogP contribution in [0, 0.1) is 0 Å². The van der Waals surface area contributed by atoms with Crippen LogP contribution >= 0.6 is 23.2 Å². The topological polar surface area (TPSA) is 90.9 Å². The zero-order chi connectivity index (χ0) is 19.5. The van der Waals surface area contributed by atoms with E-state index in [0.29, 0.717) is 0 Å². The molecular weight excluding hydrogens is 405 g/mol. The molecule has 1 N–H and O–H groups in total. The van der Waals surface area contributed by atoms with Gasteiger partial charge in [-0.1, -0.05) is 23.2 Å². The van der Waals surface area contributed by atoms with Crippen molar-refractivity contribution in [3.8, 4) is 11.5 Å². The second-order valence-electron chi connectivity index (χ2n) is 4.92. The summed E-state index contributed by atoms with van der Waals surface area (Å²) in [6, 6.07) is 6.56. The molecule has 0 saturated heterocycles. The Hall–Kier alpha value is -2.16. The van der Waals surface area contributed by atoms with E-state index < -0.39 is 16.0 Å². The van der Waals surface area contributed by atoms with Crippen molar-refractivity contribution in [3.05, 3.63) is 45.9 Å². The number of hydrogen-bond acceptors (Lipinski definition) is 6. The van der Waals surface area contributed by atoms with Crippen LogP contribution in [0.5, 0.6) is 11.5 Å². The van der Waals surface area contributed by atoms with E-state index in [1.165, 1.54) is 51.7 Å². The number of sulfonamides is 1. The highest BCUT2D eigenvalue weighted by Gasteiger charge is 2.24. The molecule has 0 unspecified atom stereocenters. The molecule has 0 aliphatic rings. The van der Waals surface area contributed by atoms with Crippen molar-refractivity contribution in [2.24, 2.45) is 0 Å². The van der Waals surface area contributed by atoms with Gasteiger partial charge in [0.15, 0.2) is 11.5 Å². The van der Waals surface area contributed by atoms with E-state index in [2.05, 4.69) is 4.72 Å². The highest BCUT2D eigenvalue weighted by molar-refractivity contribution is 7.92. The number of halogens is 2. The van der Waals surface area contributed by atoms with Crippen molar-refractivity contribution in [2.75, 3.05) is 26.1 Å². The Balaban J connectivity index is 2.58. The third-order valence-corrected chi connectivity index (χ3v) is 5.44. The molecular formula is C16H15Cl2NO6S. The first-order valence-corrected chi connectivity index (χ1v) is 9.29. The van der Waals surface area contributed by atoms with E-state index >= 15 is 0 Å². The smallest absolute Gasteiger partial charge is 0.340 e. The minimum Gasteiger partial charge on any atom is -0.493 e. The summed E-state index contributed by atoms with van der Waals surface area (Å²) in [5.41, 5.74) is -0.112. The van der Waals surface area contributed by atoms with Crippen LogP contribution in [0.25, 0.3) is 0 Å². The fraction of sp³-hybridized carbons (Fsp3) is 0.188. The first-order chi connectivity index (χ1) is 12.2. The van der Waals surface area contributed by atoms with Gasteiger partial charge in [0.25, 0.3) is 10.0 Å². The highest BCUT2D eigenvalue weighted by atomic mass is 35.5. The number of rotatable bonds is 6. The Kier molecular flexibility index (Phi) is 6.22. The summed E-state index contributed by atoms with van der Waals surface area (Å²) in [7, 11) is -0.176. The molecule has 0 atom stereocenters. The normalized spacial score (nSPS) is 11.0. The fourth-order valence-electron chi connectivity index (χ4n) is 2.14. The second kappa shape index (κ2) is 8.03. The predicted octanol–water partition coefficient (Wildman–Crippen LogP) is 3.60. The van der Waals surface area contributed by atoms with Gasteiger partial charge in [0.1, 0.15) is 4.90 Å². The number of esters is 1. The molecule has 0 aliphatic heterocycles. The zero-order valence-electron chi connectivity index (χ0n) is 14.0. The maximum Gasteiger partial charge on any atom is 0.340 e. The quantitative estimate of drug-likeness (QED) is 0.719. The van der Waals surface area contributed by atoms with Crippen LogP contribution in [-0.4, -0.2) is 35.7 Å². The van der Waals surface area contributed by atoms with E-state index in [0.717, 1.165) is 0 Å². The Bertz CT molecular complexity index is 946. The average Bonchev–Trinajstić information content (AvgIpc) is 2.59. The van der Waals surface area contributed by atoms with Crippen LogP contribution in [0.2, 0.25) is 10.0 Å². The molecule has 10 heteroatoms. The zero-order valence-corrected chi connectivity index (χ0v) is 16.3. The molecule has 0 spiro atoms.